The number of ketones is 1. The van der Waals surface area contributed by atoms with Crippen LogP contribution in [-0.4, -0.2) is 87.0 Å². The largest absolute Gasteiger partial charge is 0.462 e. The maximum atomic E-state index is 14.2. The minimum Gasteiger partial charge on any atom is -0.462 e. The number of hydrogen-bond acceptors (Lipinski definition) is 10. The Labute approximate surface area is 401 Å². The lowest BCUT2D eigenvalue weighted by molar-refractivity contribution is -0.302. The molecular formula is C55H97NO10. The smallest absolute Gasteiger partial charge is 0.306 e. The number of benzene rings is 1. The zero-order valence-corrected chi connectivity index (χ0v) is 42.0. The topological polar surface area (TPSA) is 172 Å². The van der Waals surface area contributed by atoms with E-state index in [1.54, 1.807) is 0 Å². The first kappa shape index (κ1) is 59.7. The lowest BCUT2D eigenvalue weighted by Gasteiger charge is -2.47. The van der Waals surface area contributed by atoms with Crippen molar-refractivity contribution in [3.63, 3.8) is 0 Å². The predicted octanol–water partition coefficient (Wildman–Crippen LogP) is 11.7. The predicted molar refractivity (Wildman–Crippen MR) is 265 cm³/mol. The Morgan fingerprint density at radius 3 is 1.52 bits per heavy atom. The highest BCUT2D eigenvalue weighted by atomic mass is 16.7. The summed E-state index contributed by atoms with van der Waals surface area (Å²) in [6.07, 6.45) is 27.5. The molecule has 66 heavy (non-hydrogen) atoms. The molecule has 5 N–H and O–H groups in total. The van der Waals surface area contributed by atoms with Crippen LogP contribution < -0.4 is 5.32 Å². The number of unbranched alkanes of at least 4 members (excludes halogenated alkanes) is 26. The van der Waals surface area contributed by atoms with Gasteiger partial charge in [0.25, 0.3) is 5.79 Å². The van der Waals surface area contributed by atoms with Crippen molar-refractivity contribution in [2.24, 2.45) is 0 Å². The number of carbonyl (C=O) groups excluding carboxylic acids is 3. The molecular weight excluding hydrogens is 835 g/mol. The number of carbonyl (C=O) groups is 3. The second-order valence-electron chi connectivity index (χ2n) is 19.4. The molecule has 11 heteroatoms. The normalized spacial score (nSPS) is 20.5. The Morgan fingerprint density at radius 1 is 0.606 bits per heavy atom. The molecule has 0 aromatic heterocycles. The number of Topliss-reactive ketones (excluding diaryl/α,β-unsaturated/α-hetero) is 1. The number of nitrogens with one attached hydrogen (secondary N) is 1. The Kier molecular flexibility index (Phi) is 34.8. The van der Waals surface area contributed by atoms with E-state index in [0.717, 1.165) is 76.2 Å². The zero-order valence-electron chi connectivity index (χ0n) is 42.0. The second-order valence-corrected chi connectivity index (χ2v) is 19.4. The van der Waals surface area contributed by atoms with Crippen LogP contribution in [0.1, 0.15) is 245 Å². The molecule has 1 aliphatic heterocycles. The van der Waals surface area contributed by atoms with E-state index in [1.807, 2.05) is 30.3 Å². The van der Waals surface area contributed by atoms with Crippen LogP contribution >= 0.6 is 0 Å². The molecule has 1 fully saturated rings. The quantitative estimate of drug-likeness (QED) is 0.0313. The lowest BCUT2D eigenvalue weighted by Crippen LogP contribution is -2.73. The third kappa shape index (κ3) is 26.4. The maximum Gasteiger partial charge on any atom is 0.306 e. The van der Waals surface area contributed by atoms with Gasteiger partial charge in [-0.25, -0.2) is 0 Å². The van der Waals surface area contributed by atoms with Gasteiger partial charge in [0.2, 0.25) is 5.91 Å². The van der Waals surface area contributed by atoms with Gasteiger partial charge < -0.3 is 40.0 Å². The van der Waals surface area contributed by atoms with Crippen LogP contribution in [0.4, 0.5) is 0 Å². The summed E-state index contributed by atoms with van der Waals surface area (Å²) >= 11 is 0. The summed E-state index contributed by atoms with van der Waals surface area (Å²) in [6, 6.07) is 7.82. The van der Waals surface area contributed by atoms with Gasteiger partial charge in [-0.1, -0.05) is 224 Å². The minimum atomic E-state index is -2.78. The molecule has 0 unspecified atom stereocenters. The van der Waals surface area contributed by atoms with Gasteiger partial charge in [-0.15, -0.1) is 0 Å². The number of aliphatic hydroxyl groups is 4. The van der Waals surface area contributed by atoms with Crippen LogP contribution in [0.15, 0.2) is 30.3 Å². The van der Waals surface area contributed by atoms with Crippen LogP contribution in [-0.2, 0) is 35.2 Å². The molecule has 1 amide bonds. The van der Waals surface area contributed by atoms with E-state index in [-0.39, 0.29) is 31.8 Å². The van der Waals surface area contributed by atoms with Crippen molar-refractivity contribution < 1.29 is 49.0 Å². The van der Waals surface area contributed by atoms with Crippen LogP contribution in [0.5, 0.6) is 0 Å². The average molecular weight is 932 g/mol. The van der Waals surface area contributed by atoms with Gasteiger partial charge in [0.15, 0.2) is 5.78 Å². The van der Waals surface area contributed by atoms with Crippen molar-refractivity contribution >= 4 is 17.7 Å². The number of rotatable bonds is 43. The highest BCUT2D eigenvalue weighted by Gasteiger charge is 2.58. The second kappa shape index (κ2) is 38.4. The van der Waals surface area contributed by atoms with Crippen molar-refractivity contribution in [2.45, 2.75) is 288 Å². The molecule has 0 aliphatic carbocycles. The van der Waals surface area contributed by atoms with Crippen molar-refractivity contribution in [3.05, 3.63) is 35.9 Å². The zero-order chi connectivity index (χ0) is 48.1. The van der Waals surface area contributed by atoms with Crippen LogP contribution in [0.3, 0.4) is 0 Å². The average Bonchev–Trinajstić information content (AvgIpc) is 3.31. The van der Waals surface area contributed by atoms with Crippen LogP contribution in [0, 0.1) is 0 Å². The van der Waals surface area contributed by atoms with Gasteiger partial charge in [-0.05, 0) is 31.2 Å². The first-order chi connectivity index (χ1) is 32.1. The Morgan fingerprint density at radius 2 is 1.05 bits per heavy atom. The highest BCUT2D eigenvalue weighted by molar-refractivity contribution is 5.88. The van der Waals surface area contributed by atoms with Crippen molar-refractivity contribution in [2.75, 3.05) is 6.61 Å². The molecule has 0 spiro atoms. The molecule has 7 atom stereocenters. The molecule has 1 heterocycles. The number of ether oxygens (including phenoxy) is 3. The molecule has 1 saturated heterocycles. The Balaban J connectivity index is 2.08. The van der Waals surface area contributed by atoms with Crippen molar-refractivity contribution in [3.8, 4) is 0 Å². The van der Waals surface area contributed by atoms with E-state index in [2.05, 4.69) is 26.1 Å². The third-order valence-electron chi connectivity index (χ3n) is 13.4. The SMILES string of the molecule is CCCCCCCCCCCCCCCC(=O)O[C@H](CCCCCCCCCCC)CC(=O)N[C@@H]1[C@@H](O)[C@H](O)[C@@H](CO)O[C@@]1(O)C(=O)C[C@@H](CCCCCCCCC)OCc1ccccc1. The summed E-state index contributed by atoms with van der Waals surface area (Å²) in [6.45, 7) is 6.10. The van der Waals surface area contributed by atoms with E-state index in [0.29, 0.717) is 19.3 Å². The highest BCUT2D eigenvalue weighted by Crippen LogP contribution is 2.32. The molecule has 2 rings (SSSR count). The fourth-order valence-corrected chi connectivity index (χ4v) is 9.16. The molecule has 1 aromatic rings. The number of hydrogen-bond donors (Lipinski definition) is 5. The van der Waals surface area contributed by atoms with E-state index in [1.165, 1.54) is 109 Å². The molecule has 11 nitrogen and oxygen atoms in total. The molecule has 0 radical (unpaired) electrons. The first-order valence-corrected chi connectivity index (χ1v) is 27.1. The van der Waals surface area contributed by atoms with Gasteiger partial charge in [-0.2, -0.15) is 0 Å². The Hall–Kier alpha value is -2.41. The summed E-state index contributed by atoms with van der Waals surface area (Å²) in [5, 5.41) is 47.0. The molecule has 1 aromatic carbocycles. The number of amides is 1. The fourth-order valence-electron chi connectivity index (χ4n) is 9.16. The summed E-state index contributed by atoms with van der Waals surface area (Å²) in [4.78, 5) is 41.3. The van der Waals surface area contributed by atoms with Gasteiger partial charge >= 0.3 is 5.97 Å². The van der Waals surface area contributed by atoms with Crippen molar-refractivity contribution in [1.82, 2.24) is 5.32 Å². The van der Waals surface area contributed by atoms with Gasteiger partial charge in [0, 0.05) is 12.8 Å². The Bertz CT molecular complexity index is 1350. The number of esters is 1. The van der Waals surface area contributed by atoms with Crippen LogP contribution in [0.25, 0.3) is 0 Å². The summed E-state index contributed by atoms with van der Waals surface area (Å²) in [7, 11) is 0. The van der Waals surface area contributed by atoms with Gasteiger partial charge in [-0.3, -0.25) is 14.4 Å². The third-order valence-corrected chi connectivity index (χ3v) is 13.4. The fraction of sp³-hybridized carbons (Fsp3) is 0.836. The van der Waals surface area contributed by atoms with E-state index >= 15 is 0 Å². The van der Waals surface area contributed by atoms with Gasteiger partial charge in [0.05, 0.1) is 25.7 Å². The summed E-state index contributed by atoms with van der Waals surface area (Å²) < 4.78 is 17.9. The monoisotopic (exact) mass is 932 g/mol. The minimum absolute atomic E-state index is 0.244. The van der Waals surface area contributed by atoms with E-state index in [9.17, 15) is 34.8 Å². The maximum absolute atomic E-state index is 14.2. The lowest BCUT2D eigenvalue weighted by atomic mass is 9.85. The first-order valence-electron chi connectivity index (χ1n) is 27.1. The standard InChI is InChI=1S/C55H97NO10/c1-4-7-10-13-16-18-19-20-21-23-26-29-35-40-51(60)65-47(39-34-28-25-22-17-14-11-8-5-2)42-50(59)56-54-53(62)52(61)48(43-57)66-55(54,63)49(58)41-46(38-33-27-24-15-12-9-6-3)64-44-45-36-31-30-32-37-45/h30-32,36-37,46-48,52-54,57,61-63H,4-29,33-35,38-44H2,1-3H3,(H,56,59)/t46-,47-,48-,52-,53+,54-,55+/m1/s1. The molecule has 0 bridgehead atoms. The van der Waals surface area contributed by atoms with Gasteiger partial charge in [0.1, 0.15) is 30.5 Å². The molecule has 382 valence electrons. The van der Waals surface area contributed by atoms with Crippen molar-refractivity contribution in [1.29, 1.82) is 0 Å². The number of aliphatic hydroxyl groups excluding tert-OH is 3. The molecule has 1 aliphatic rings. The summed E-state index contributed by atoms with van der Waals surface area (Å²) in [5.74, 6) is -4.65. The summed E-state index contributed by atoms with van der Waals surface area (Å²) in [5.41, 5.74) is 0.924. The van der Waals surface area contributed by atoms with Crippen LogP contribution in [0.2, 0.25) is 0 Å². The van der Waals surface area contributed by atoms with E-state index in [4.69, 9.17) is 14.2 Å². The molecule has 0 saturated carbocycles. The van der Waals surface area contributed by atoms with E-state index < -0.39 is 60.6 Å².